The number of amides is 2. The number of nitrogens with one attached hydrogen (secondary N) is 1. The van der Waals surface area contributed by atoms with Crippen LogP contribution in [0.25, 0.3) is 0 Å². The van der Waals surface area contributed by atoms with Gasteiger partial charge in [-0.1, -0.05) is 0 Å². The zero-order valence-corrected chi connectivity index (χ0v) is 12.8. The summed E-state index contributed by atoms with van der Waals surface area (Å²) in [5.41, 5.74) is -0.183. The van der Waals surface area contributed by atoms with Crippen LogP contribution in [-0.4, -0.2) is 47.3 Å². The van der Waals surface area contributed by atoms with E-state index in [0.29, 0.717) is 23.2 Å². The number of hydrogen-bond acceptors (Lipinski definition) is 3. The number of carboxylic acid groups (broad SMARTS) is 1. The summed E-state index contributed by atoms with van der Waals surface area (Å²) in [5, 5.41) is 11.2. The van der Waals surface area contributed by atoms with Crippen molar-refractivity contribution in [3.8, 4) is 0 Å². The molecular formula is C13H14BrFN2O4. The van der Waals surface area contributed by atoms with E-state index < -0.39 is 24.0 Å². The number of nitrogens with zero attached hydrogens (tertiary/aromatic N) is 1. The molecule has 1 aromatic carbocycles. The van der Waals surface area contributed by atoms with Crippen molar-refractivity contribution in [1.29, 1.82) is 0 Å². The van der Waals surface area contributed by atoms with Gasteiger partial charge in [0.15, 0.2) is 0 Å². The highest BCUT2D eigenvalue weighted by Gasteiger charge is 2.42. The molecule has 1 saturated heterocycles. The minimum Gasteiger partial charge on any atom is -0.480 e. The van der Waals surface area contributed by atoms with Gasteiger partial charge in [0.2, 0.25) is 0 Å². The minimum atomic E-state index is -1.05. The molecule has 0 radical (unpaired) electrons. The number of likely N-dealkylation sites (tertiary alicyclic amines) is 1. The van der Waals surface area contributed by atoms with Crippen molar-refractivity contribution >= 4 is 33.6 Å². The Morgan fingerprint density at radius 2 is 2.19 bits per heavy atom. The number of halogens is 2. The number of ether oxygens (including phenoxy) is 1. The molecule has 8 heteroatoms. The topological polar surface area (TPSA) is 78.9 Å². The van der Waals surface area contributed by atoms with Crippen molar-refractivity contribution < 1.29 is 23.8 Å². The first-order chi connectivity index (χ1) is 9.79. The van der Waals surface area contributed by atoms with Crippen LogP contribution in [0.5, 0.6) is 0 Å². The summed E-state index contributed by atoms with van der Waals surface area (Å²) in [6, 6.07) is 3.61. The fourth-order valence-electron chi connectivity index (χ4n) is 2.02. The van der Waals surface area contributed by atoms with E-state index in [0.717, 1.165) is 0 Å². The van der Waals surface area contributed by atoms with Crippen LogP contribution in [0.3, 0.4) is 0 Å². The van der Waals surface area contributed by atoms with E-state index in [-0.39, 0.29) is 6.03 Å². The van der Waals surface area contributed by atoms with Crippen molar-refractivity contribution in [2.45, 2.75) is 12.5 Å². The quantitative estimate of drug-likeness (QED) is 0.863. The van der Waals surface area contributed by atoms with Crippen LogP contribution < -0.4 is 5.32 Å². The summed E-state index contributed by atoms with van der Waals surface area (Å²) >= 11 is 3.16. The van der Waals surface area contributed by atoms with Gasteiger partial charge >= 0.3 is 12.0 Å². The maximum atomic E-state index is 13.0. The molecule has 0 bridgehead atoms. The standard InChI is InChI=1S/C13H14BrFN2O4/c1-13(21-5-11(18)19)6-17(7-13)12(20)16-10-3-2-8(15)4-9(10)14/h2-4H,5-7H2,1H3,(H,16,20)(H,18,19). The highest BCUT2D eigenvalue weighted by Crippen LogP contribution is 2.27. The molecule has 0 saturated carbocycles. The fourth-order valence-corrected chi connectivity index (χ4v) is 2.47. The molecular weight excluding hydrogens is 347 g/mol. The van der Waals surface area contributed by atoms with Gasteiger partial charge in [0.05, 0.1) is 18.8 Å². The molecule has 0 atom stereocenters. The zero-order chi connectivity index (χ0) is 15.6. The molecule has 0 unspecified atom stereocenters. The molecule has 1 aromatic rings. The van der Waals surface area contributed by atoms with Crippen LogP contribution >= 0.6 is 15.9 Å². The van der Waals surface area contributed by atoms with Crippen LogP contribution in [0.15, 0.2) is 22.7 Å². The number of urea groups is 1. The fraction of sp³-hybridized carbons (Fsp3) is 0.385. The molecule has 2 amide bonds. The first kappa shape index (κ1) is 15.7. The van der Waals surface area contributed by atoms with Gasteiger partial charge in [-0.05, 0) is 41.1 Å². The first-order valence-corrected chi connectivity index (χ1v) is 6.95. The average Bonchev–Trinajstić information content (AvgIpc) is 2.36. The van der Waals surface area contributed by atoms with Gasteiger partial charge in [-0.25, -0.2) is 14.0 Å². The SMILES string of the molecule is CC1(OCC(=O)O)CN(C(=O)Nc2ccc(F)cc2Br)C1. The highest BCUT2D eigenvalue weighted by molar-refractivity contribution is 9.10. The van der Waals surface area contributed by atoms with E-state index in [4.69, 9.17) is 9.84 Å². The lowest BCUT2D eigenvalue weighted by Gasteiger charge is -2.46. The highest BCUT2D eigenvalue weighted by atomic mass is 79.9. The van der Waals surface area contributed by atoms with Gasteiger partial charge in [0.25, 0.3) is 0 Å². The molecule has 1 fully saturated rings. The van der Waals surface area contributed by atoms with Crippen molar-refractivity contribution in [2.75, 3.05) is 25.0 Å². The third-order valence-electron chi connectivity index (χ3n) is 3.05. The van der Waals surface area contributed by atoms with Gasteiger partial charge < -0.3 is 20.1 Å². The van der Waals surface area contributed by atoms with Crippen LogP contribution in [0, 0.1) is 5.82 Å². The third-order valence-corrected chi connectivity index (χ3v) is 3.71. The number of benzene rings is 1. The Balaban J connectivity index is 1.87. The number of rotatable bonds is 4. The lowest BCUT2D eigenvalue weighted by molar-refractivity contribution is -0.159. The largest absolute Gasteiger partial charge is 0.480 e. The average molecular weight is 361 g/mol. The zero-order valence-electron chi connectivity index (χ0n) is 11.2. The van der Waals surface area contributed by atoms with E-state index in [2.05, 4.69) is 21.2 Å². The summed E-state index contributed by atoms with van der Waals surface area (Å²) in [6.07, 6.45) is 0. The van der Waals surface area contributed by atoms with Crippen LogP contribution in [-0.2, 0) is 9.53 Å². The van der Waals surface area contributed by atoms with E-state index in [1.54, 1.807) is 6.92 Å². The Bertz CT molecular complexity index is 575. The number of aliphatic carboxylic acids is 1. The van der Waals surface area contributed by atoms with Gasteiger partial charge in [-0.3, -0.25) is 0 Å². The molecule has 1 aliphatic heterocycles. The molecule has 6 nitrogen and oxygen atoms in total. The van der Waals surface area contributed by atoms with E-state index in [1.807, 2.05) is 0 Å². The molecule has 21 heavy (non-hydrogen) atoms. The van der Waals surface area contributed by atoms with Crippen molar-refractivity contribution in [2.24, 2.45) is 0 Å². The number of hydrogen-bond donors (Lipinski definition) is 2. The number of anilines is 1. The Morgan fingerprint density at radius 3 is 2.76 bits per heavy atom. The predicted molar refractivity (Wildman–Crippen MR) is 76.7 cm³/mol. The molecule has 0 spiro atoms. The number of carbonyl (C=O) groups excluding carboxylic acids is 1. The Hall–Kier alpha value is -1.67. The van der Waals surface area contributed by atoms with Crippen molar-refractivity contribution in [3.63, 3.8) is 0 Å². The summed E-state index contributed by atoms with van der Waals surface area (Å²) in [4.78, 5) is 23.9. The predicted octanol–water partition coefficient (Wildman–Crippen LogP) is 2.30. The first-order valence-electron chi connectivity index (χ1n) is 6.16. The molecule has 2 N–H and O–H groups in total. The lowest BCUT2D eigenvalue weighted by atomic mass is 9.97. The van der Waals surface area contributed by atoms with E-state index >= 15 is 0 Å². The van der Waals surface area contributed by atoms with Gasteiger partial charge in [-0.15, -0.1) is 0 Å². The maximum absolute atomic E-state index is 13.0. The van der Waals surface area contributed by atoms with Crippen LogP contribution in [0.2, 0.25) is 0 Å². The van der Waals surface area contributed by atoms with Crippen molar-refractivity contribution in [3.05, 3.63) is 28.5 Å². The monoisotopic (exact) mass is 360 g/mol. The van der Waals surface area contributed by atoms with Crippen LogP contribution in [0.4, 0.5) is 14.9 Å². The molecule has 0 aromatic heterocycles. The minimum absolute atomic E-state index is 0.297. The molecule has 1 aliphatic rings. The lowest BCUT2D eigenvalue weighted by Crippen LogP contribution is -2.64. The second-order valence-electron chi connectivity index (χ2n) is 5.04. The molecule has 2 rings (SSSR count). The Morgan fingerprint density at radius 1 is 1.52 bits per heavy atom. The van der Waals surface area contributed by atoms with Gasteiger partial charge in [0, 0.05) is 4.47 Å². The molecule has 114 valence electrons. The van der Waals surface area contributed by atoms with Crippen LogP contribution in [0.1, 0.15) is 6.92 Å². The van der Waals surface area contributed by atoms with E-state index in [9.17, 15) is 14.0 Å². The summed E-state index contributed by atoms with van der Waals surface area (Å²) < 4.78 is 18.6. The second kappa shape index (κ2) is 5.98. The number of carbonyl (C=O) groups is 2. The van der Waals surface area contributed by atoms with Gasteiger partial charge in [-0.2, -0.15) is 0 Å². The van der Waals surface area contributed by atoms with Gasteiger partial charge in [0.1, 0.15) is 18.0 Å². The Labute approximate surface area is 129 Å². The maximum Gasteiger partial charge on any atom is 0.329 e. The van der Waals surface area contributed by atoms with E-state index in [1.165, 1.54) is 23.1 Å². The second-order valence-corrected chi connectivity index (χ2v) is 5.90. The third kappa shape index (κ3) is 3.92. The normalized spacial score (nSPS) is 16.2. The number of carboxylic acids is 1. The smallest absolute Gasteiger partial charge is 0.329 e. The summed E-state index contributed by atoms with van der Waals surface area (Å²) in [5.74, 6) is -1.45. The molecule has 0 aliphatic carbocycles. The van der Waals surface area contributed by atoms with Crippen molar-refractivity contribution in [1.82, 2.24) is 4.90 Å². The Kier molecular flexibility index (Phi) is 4.48. The summed E-state index contributed by atoms with van der Waals surface area (Å²) in [6.45, 7) is 1.94. The summed E-state index contributed by atoms with van der Waals surface area (Å²) in [7, 11) is 0. The molecule has 1 heterocycles.